The van der Waals surface area contributed by atoms with Crippen LogP contribution in [0.25, 0.3) is 10.9 Å². The Morgan fingerprint density at radius 3 is 2.51 bits per heavy atom. The molecule has 5 rings (SSSR count). The van der Waals surface area contributed by atoms with Crippen LogP contribution < -0.4 is 14.8 Å². The zero-order valence-corrected chi connectivity index (χ0v) is 22.3. The number of aliphatic carboxylic acids is 1. The number of carboxylic acid groups (broad SMARTS) is 1. The molecule has 2 N–H and O–H groups in total. The van der Waals surface area contributed by atoms with Gasteiger partial charge in [-0.25, -0.2) is 4.39 Å². The zero-order chi connectivity index (χ0) is 29.7. The molecular formula is C28H27F3N2O8. The average Bonchev–Trinajstić information content (AvgIpc) is 3.56. The van der Waals surface area contributed by atoms with E-state index >= 15 is 4.39 Å². The number of ether oxygens (including phenoxy) is 4. The van der Waals surface area contributed by atoms with Gasteiger partial charge in [0.15, 0.2) is 11.5 Å². The molecule has 0 saturated heterocycles. The van der Waals surface area contributed by atoms with Crippen LogP contribution >= 0.6 is 0 Å². The normalized spacial score (nSPS) is 17.2. The fraction of sp³-hybridized carbons (Fsp3) is 0.393. The molecule has 0 spiro atoms. The molecule has 1 atom stereocenters. The summed E-state index contributed by atoms with van der Waals surface area (Å²) in [6.45, 7) is 3.21. The summed E-state index contributed by atoms with van der Waals surface area (Å²) >= 11 is 0. The molecule has 41 heavy (non-hydrogen) atoms. The van der Waals surface area contributed by atoms with Gasteiger partial charge in [0.05, 0.1) is 23.2 Å². The third kappa shape index (κ3) is 5.05. The van der Waals surface area contributed by atoms with E-state index in [4.69, 9.17) is 9.47 Å². The Labute approximate surface area is 231 Å². The number of fused-ring (bicyclic) bond motifs is 2. The van der Waals surface area contributed by atoms with Crippen molar-refractivity contribution in [3.8, 4) is 11.5 Å². The minimum atomic E-state index is -3.80. The van der Waals surface area contributed by atoms with Gasteiger partial charge >= 0.3 is 12.3 Å². The summed E-state index contributed by atoms with van der Waals surface area (Å²) in [5.74, 6) is -2.77. The molecule has 1 amide bonds. The third-order valence-electron chi connectivity index (χ3n) is 7.62. The van der Waals surface area contributed by atoms with Crippen LogP contribution in [0.4, 0.5) is 18.9 Å². The summed E-state index contributed by atoms with van der Waals surface area (Å²) < 4.78 is 63.1. The molecule has 3 aromatic rings. The number of rotatable bonds is 11. The summed E-state index contributed by atoms with van der Waals surface area (Å²) in [6.07, 6.45) is -3.63. The molecule has 2 aliphatic rings. The van der Waals surface area contributed by atoms with E-state index in [1.165, 1.54) is 51.3 Å². The number of carbonyl (C=O) groups excluding carboxylic acids is 2. The monoisotopic (exact) mass is 576 g/mol. The Morgan fingerprint density at radius 1 is 1.17 bits per heavy atom. The molecule has 0 radical (unpaired) electrons. The molecule has 1 aromatic heterocycles. The molecule has 1 aliphatic carbocycles. The lowest BCUT2D eigenvalue weighted by Gasteiger charge is -2.25. The quantitative estimate of drug-likeness (QED) is 0.324. The van der Waals surface area contributed by atoms with Gasteiger partial charge in [-0.15, -0.1) is 8.78 Å². The van der Waals surface area contributed by atoms with Gasteiger partial charge in [-0.05, 0) is 56.5 Å². The van der Waals surface area contributed by atoms with Crippen LogP contribution in [0.2, 0.25) is 0 Å². The van der Waals surface area contributed by atoms with Crippen molar-refractivity contribution in [2.45, 2.75) is 56.5 Å². The molecule has 10 nitrogen and oxygen atoms in total. The number of hydrogen-bond acceptors (Lipinski definition) is 7. The largest absolute Gasteiger partial charge is 0.586 e. The number of carboxylic acids is 1. The number of halogens is 3. The number of benzene rings is 2. The van der Waals surface area contributed by atoms with E-state index < -0.39 is 40.9 Å². The first-order valence-electron chi connectivity index (χ1n) is 12.7. The second-order valence-electron chi connectivity index (χ2n) is 10.6. The minimum absolute atomic E-state index is 0.0529. The first-order valence-corrected chi connectivity index (χ1v) is 12.7. The highest BCUT2D eigenvalue weighted by Gasteiger charge is 2.53. The molecule has 2 heterocycles. The second kappa shape index (κ2) is 9.98. The predicted octanol–water partition coefficient (Wildman–Crippen LogP) is 4.32. The fourth-order valence-corrected chi connectivity index (χ4v) is 5.01. The smallest absolute Gasteiger partial charge is 0.481 e. The van der Waals surface area contributed by atoms with E-state index in [1.807, 2.05) is 0 Å². The predicted molar refractivity (Wildman–Crippen MR) is 138 cm³/mol. The maximum absolute atomic E-state index is 15.5. The average molecular weight is 577 g/mol. The van der Waals surface area contributed by atoms with Crippen LogP contribution in [-0.4, -0.2) is 54.1 Å². The van der Waals surface area contributed by atoms with Crippen molar-refractivity contribution in [2.75, 3.05) is 19.0 Å². The van der Waals surface area contributed by atoms with Gasteiger partial charge < -0.3 is 33.9 Å². The lowest BCUT2D eigenvalue weighted by atomic mass is 9.89. The van der Waals surface area contributed by atoms with Gasteiger partial charge in [0.1, 0.15) is 23.9 Å². The van der Waals surface area contributed by atoms with E-state index in [0.29, 0.717) is 35.0 Å². The highest BCUT2D eigenvalue weighted by atomic mass is 19.3. The van der Waals surface area contributed by atoms with Gasteiger partial charge in [0.2, 0.25) is 5.91 Å². The lowest BCUT2D eigenvalue weighted by molar-refractivity contribution is -0.286. The number of nitrogens with one attached hydrogen (secondary N) is 1. The number of aromatic nitrogens is 1. The molecule has 1 saturated carbocycles. The SMILES string of the molecule is COC(COC=O)Cn1c(C(C)(C)C(=O)O)cc2cc(NC(=O)C3(c4ccc5c(c4)OC(F)(F)O5)CC3)c(F)cc21. The van der Waals surface area contributed by atoms with Crippen LogP contribution in [0.1, 0.15) is 37.9 Å². The topological polar surface area (TPSA) is 125 Å². The Hall–Kier alpha value is -4.26. The molecule has 218 valence electrons. The van der Waals surface area contributed by atoms with Crippen LogP contribution in [0.3, 0.4) is 0 Å². The van der Waals surface area contributed by atoms with Gasteiger partial charge in [-0.2, -0.15) is 0 Å². The summed E-state index contributed by atoms with van der Waals surface area (Å²) in [6, 6.07) is 8.30. The fourth-order valence-electron chi connectivity index (χ4n) is 5.01. The maximum Gasteiger partial charge on any atom is 0.586 e. The number of anilines is 1. The second-order valence-corrected chi connectivity index (χ2v) is 10.6. The molecule has 2 aromatic carbocycles. The molecule has 13 heteroatoms. The van der Waals surface area contributed by atoms with E-state index in [0.717, 1.165) is 0 Å². The molecule has 1 unspecified atom stereocenters. The molecule has 0 bridgehead atoms. The van der Waals surface area contributed by atoms with Crippen LogP contribution in [-0.2, 0) is 41.2 Å². The first-order chi connectivity index (χ1) is 19.3. The number of methoxy groups -OCH3 is 1. The number of carbonyl (C=O) groups is 3. The van der Waals surface area contributed by atoms with Crippen molar-refractivity contribution in [3.63, 3.8) is 0 Å². The van der Waals surface area contributed by atoms with E-state index in [2.05, 4.69) is 14.8 Å². The summed E-state index contributed by atoms with van der Waals surface area (Å²) in [7, 11) is 1.40. The van der Waals surface area contributed by atoms with Gasteiger partial charge in [-0.3, -0.25) is 14.4 Å². The summed E-state index contributed by atoms with van der Waals surface area (Å²) in [5, 5.41) is 13.0. The number of nitrogens with zero attached hydrogens (tertiary/aromatic N) is 1. The van der Waals surface area contributed by atoms with E-state index in [-0.39, 0.29) is 36.8 Å². The zero-order valence-electron chi connectivity index (χ0n) is 22.3. The van der Waals surface area contributed by atoms with Crippen molar-refractivity contribution in [1.82, 2.24) is 4.57 Å². The number of amides is 1. The minimum Gasteiger partial charge on any atom is -0.481 e. The molecule has 1 aliphatic heterocycles. The van der Waals surface area contributed by atoms with Gasteiger partial charge in [-0.1, -0.05) is 6.07 Å². The molecular weight excluding hydrogens is 549 g/mol. The lowest BCUT2D eigenvalue weighted by Crippen LogP contribution is -2.33. The number of hydrogen-bond donors (Lipinski definition) is 2. The van der Waals surface area contributed by atoms with Crippen molar-refractivity contribution in [2.24, 2.45) is 0 Å². The summed E-state index contributed by atoms with van der Waals surface area (Å²) in [5.41, 5.74) is -1.48. The Bertz CT molecular complexity index is 1550. The van der Waals surface area contributed by atoms with Crippen molar-refractivity contribution >= 4 is 34.9 Å². The standard InChI is InChI=1S/C28H27F3N2O8/c1-26(2,25(36)37)23-9-15-8-19(18(29)11-20(15)33(23)12-17(38-3)13-39-14-34)32-24(35)27(6-7-27)16-4-5-21-22(10-16)41-28(30,31)40-21/h4-5,8-11,14,17H,6-7,12-13H2,1-3H3,(H,32,35)(H,36,37). The first kappa shape index (κ1) is 28.3. The summed E-state index contributed by atoms with van der Waals surface area (Å²) in [4.78, 5) is 36.2. The van der Waals surface area contributed by atoms with Crippen molar-refractivity contribution < 1.29 is 51.6 Å². The Balaban J connectivity index is 1.47. The third-order valence-corrected chi connectivity index (χ3v) is 7.62. The number of alkyl halides is 2. The van der Waals surface area contributed by atoms with Crippen LogP contribution in [0, 0.1) is 5.82 Å². The van der Waals surface area contributed by atoms with E-state index in [9.17, 15) is 28.3 Å². The van der Waals surface area contributed by atoms with E-state index in [1.54, 1.807) is 10.6 Å². The highest BCUT2D eigenvalue weighted by molar-refractivity contribution is 6.03. The van der Waals surface area contributed by atoms with Crippen LogP contribution in [0.5, 0.6) is 11.5 Å². The van der Waals surface area contributed by atoms with Crippen molar-refractivity contribution in [3.05, 3.63) is 53.5 Å². The van der Waals surface area contributed by atoms with Crippen molar-refractivity contribution in [1.29, 1.82) is 0 Å². The maximum atomic E-state index is 15.5. The van der Waals surface area contributed by atoms with Crippen LogP contribution in [0.15, 0.2) is 36.4 Å². The Kier molecular flexibility index (Phi) is 6.88. The molecule has 1 fully saturated rings. The van der Waals surface area contributed by atoms with Gasteiger partial charge in [0, 0.05) is 24.3 Å². The van der Waals surface area contributed by atoms with Gasteiger partial charge in [0.25, 0.3) is 6.47 Å². The Morgan fingerprint density at radius 2 is 1.88 bits per heavy atom. The highest BCUT2D eigenvalue weighted by Crippen LogP contribution is 2.52.